The number of halogens is 2. The summed E-state index contributed by atoms with van der Waals surface area (Å²) in [5.41, 5.74) is 1.43. The summed E-state index contributed by atoms with van der Waals surface area (Å²) in [4.78, 5) is 0. The van der Waals surface area contributed by atoms with Gasteiger partial charge in [0, 0.05) is 28.2 Å². The van der Waals surface area contributed by atoms with Gasteiger partial charge in [0.1, 0.15) is 0 Å². The predicted molar refractivity (Wildman–Crippen MR) is 89.1 cm³/mol. The first kappa shape index (κ1) is 11.9. The van der Waals surface area contributed by atoms with Crippen molar-refractivity contribution in [1.29, 1.82) is 0 Å². The van der Waals surface area contributed by atoms with E-state index in [2.05, 4.69) is 75.8 Å². The van der Waals surface area contributed by atoms with Gasteiger partial charge in [-0.1, -0.05) is 35.0 Å². The summed E-state index contributed by atoms with van der Waals surface area (Å²) in [6.07, 6.45) is 1.07. The summed E-state index contributed by atoms with van der Waals surface area (Å²) in [5, 5.41) is 2.77. The van der Waals surface area contributed by atoms with Crippen molar-refractivity contribution in [3.05, 3.63) is 43.9 Å². The average Bonchev–Trinajstić information content (AvgIpc) is 2.66. The van der Waals surface area contributed by atoms with E-state index >= 15 is 0 Å². The normalized spacial score (nSPS) is 11.5. The van der Waals surface area contributed by atoms with Crippen molar-refractivity contribution in [1.82, 2.24) is 0 Å². The van der Waals surface area contributed by atoms with Gasteiger partial charge >= 0.3 is 0 Å². The van der Waals surface area contributed by atoms with Gasteiger partial charge in [0.15, 0.2) is 0 Å². The Kier molecular flexibility index (Phi) is 3.17. The molecule has 3 aromatic rings. The monoisotopic (exact) mass is 416 g/mol. The second-order valence-corrected chi connectivity index (χ2v) is 7.15. The SMILES string of the molecule is CCc1c(Br)ccc2c1sc1cc(I)ccc12. The summed E-state index contributed by atoms with van der Waals surface area (Å²) in [6, 6.07) is 11.1. The fourth-order valence-electron chi connectivity index (χ4n) is 2.17. The summed E-state index contributed by atoms with van der Waals surface area (Å²) < 4.78 is 5.35. The number of aryl methyl sites for hydroxylation is 1. The Morgan fingerprint density at radius 1 is 1.18 bits per heavy atom. The zero-order chi connectivity index (χ0) is 12.0. The van der Waals surface area contributed by atoms with Crippen molar-refractivity contribution in [2.45, 2.75) is 13.3 Å². The molecular formula is C14H10BrIS. The lowest BCUT2D eigenvalue weighted by molar-refractivity contribution is 1.15. The van der Waals surface area contributed by atoms with E-state index in [-0.39, 0.29) is 0 Å². The first-order valence-corrected chi connectivity index (χ1v) is 8.18. The molecule has 0 radical (unpaired) electrons. The van der Waals surface area contributed by atoms with Gasteiger partial charge in [-0.05, 0) is 52.8 Å². The minimum absolute atomic E-state index is 1.07. The third-order valence-electron chi connectivity index (χ3n) is 3.00. The third kappa shape index (κ3) is 1.92. The van der Waals surface area contributed by atoms with Crippen molar-refractivity contribution < 1.29 is 0 Å². The maximum absolute atomic E-state index is 3.65. The molecule has 0 spiro atoms. The summed E-state index contributed by atoms with van der Waals surface area (Å²) >= 11 is 7.94. The minimum Gasteiger partial charge on any atom is -0.135 e. The number of rotatable bonds is 1. The molecule has 1 heterocycles. The molecule has 0 aliphatic rings. The van der Waals surface area contributed by atoms with Gasteiger partial charge < -0.3 is 0 Å². The maximum Gasteiger partial charge on any atom is 0.0398 e. The van der Waals surface area contributed by atoms with Gasteiger partial charge in [0.2, 0.25) is 0 Å². The second-order valence-electron chi connectivity index (χ2n) is 4.00. The standard InChI is InChI=1S/C14H10BrIS/c1-2-9-12(15)6-5-11-10-4-3-8(16)7-13(10)17-14(9)11/h3-7H,2H2,1H3. The van der Waals surface area contributed by atoms with E-state index in [0.29, 0.717) is 0 Å². The van der Waals surface area contributed by atoms with Crippen molar-refractivity contribution in [2.24, 2.45) is 0 Å². The third-order valence-corrected chi connectivity index (χ3v) is 5.64. The quantitative estimate of drug-likeness (QED) is 0.428. The largest absolute Gasteiger partial charge is 0.135 e. The summed E-state index contributed by atoms with van der Waals surface area (Å²) in [7, 11) is 0. The summed E-state index contributed by atoms with van der Waals surface area (Å²) in [5.74, 6) is 0. The van der Waals surface area contributed by atoms with Gasteiger partial charge in [-0.15, -0.1) is 11.3 Å². The fraction of sp³-hybridized carbons (Fsp3) is 0.143. The Labute approximate surface area is 126 Å². The topological polar surface area (TPSA) is 0 Å². The number of thiophene rings is 1. The van der Waals surface area contributed by atoms with Gasteiger partial charge in [-0.3, -0.25) is 0 Å². The van der Waals surface area contributed by atoms with Crippen LogP contribution in [0.2, 0.25) is 0 Å². The van der Waals surface area contributed by atoms with Crippen molar-refractivity contribution >= 4 is 70.0 Å². The van der Waals surface area contributed by atoms with Crippen LogP contribution in [0.5, 0.6) is 0 Å². The van der Waals surface area contributed by atoms with Crippen LogP contribution in [-0.2, 0) is 6.42 Å². The van der Waals surface area contributed by atoms with Gasteiger partial charge in [0.25, 0.3) is 0 Å². The highest BCUT2D eigenvalue weighted by Crippen LogP contribution is 2.39. The van der Waals surface area contributed by atoms with Crippen LogP contribution in [0.15, 0.2) is 34.8 Å². The Hall–Kier alpha value is -0.130. The lowest BCUT2D eigenvalue weighted by Gasteiger charge is -2.02. The lowest BCUT2D eigenvalue weighted by atomic mass is 10.1. The zero-order valence-corrected chi connectivity index (χ0v) is 13.8. The van der Waals surface area contributed by atoms with E-state index in [1.807, 2.05) is 11.3 Å². The molecule has 0 saturated heterocycles. The van der Waals surface area contributed by atoms with Crippen molar-refractivity contribution in [2.75, 3.05) is 0 Å². The van der Waals surface area contributed by atoms with Crippen LogP contribution < -0.4 is 0 Å². The second kappa shape index (κ2) is 4.52. The van der Waals surface area contributed by atoms with Crippen molar-refractivity contribution in [3.63, 3.8) is 0 Å². The molecule has 0 aliphatic carbocycles. The Morgan fingerprint density at radius 3 is 2.71 bits per heavy atom. The number of hydrogen-bond donors (Lipinski definition) is 0. The number of benzene rings is 2. The molecule has 0 amide bonds. The van der Waals surface area contributed by atoms with Crippen LogP contribution in [0.3, 0.4) is 0 Å². The molecule has 0 N–H and O–H groups in total. The van der Waals surface area contributed by atoms with Crippen molar-refractivity contribution in [3.8, 4) is 0 Å². The molecule has 17 heavy (non-hydrogen) atoms. The van der Waals surface area contributed by atoms with Crippen LogP contribution in [0.25, 0.3) is 20.2 Å². The zero-order valence-electron chi connectivity index (χ0n) is 9.26. The lowest BCUT2D eigenvalue weighted by Crippen LogP contribution is -1.81. The van der Waals surface area contributed by atoms with Crippen LogP contribution in [-0.4, -0.2) is 0 Å². The smallest absolute Gasteiger partial charge is 0.0398 e. The number of fused-ring (bicyclic) bond motifs is 3. The molecule has 0 nitrogen and oxygen atoms in total. The van der Waals surface area contributed by atoms with Gasteiger partial charge in [-0.2, -0.15) is 0 Å². The van der Waals surface area contributed by atoms with E-state index in [9.17, 15) is 0 Å². The van der Waals surface area contributed by atoms with E-state index in [4.69, 9.17) is 0 Å². The predicted octanol–water partition coefficient (Wildman–Crippen LogP) is 5.98. The first-order valence-electron chi connectivity index (χ1n) is 5.50. The Bertz CT molecular complexity index is 715. The Balaban J connectivity index is 2.50. The van der Waals surface area contributed by atoms with Crippen LogP contribution >= 0.6 is 49.9 Å². The number of hydrogen-bond acceptors (Lipinski definition) is 1. The molecule has 0 aliphatic heterocycles. The molecular weight excluding hydrogens is 407 g/mol. The molecule has 86 valence electrons. The highest BCUT2D eigenvalue weighted by atomic mass is 127. The molecule has 2 aromatic carbocycles. The molecule has 0 bridgehead atoms. The molecule has 0 saturated carbocycles. The molecule has 3 heteroatoms. The highest BCUT2D eigenvalue weighted by molar-refractivity contribution is 14.1. The van der Waals surface area contributed by atoms with E-state index in [1.54, 1.807) is 0 Å². The summed E-state index contributed by atoms with van der Waals surface area (Å²) in [6.45, 7) is 2.22. The Morgan fingerprint density at radius 2 is 1.94 bits per heavy atom. The van der Waals surface area contributed by atoms with Gasteiger partial charge in [0.05, 0.1) is 0 Å². The minimum atomic E-state index is 1.07. The van der Waals surface area contributed by atoms with Crippen LogP contribution in [0, 0.1) is 3.57 Å². The molecule has 0 atom stereocenters. The van der Waals surface area contributed by atoms with E-state index in [1.165, 1.54) is 33.8 Å². The highest BCUT2D eigenvalue weighted by Gasteiger charge is 2.10. The maximum atomic E-state index is 3.65. The fourth-order valence-corrected chi connectivity index (χ4v) is 4.98. The van der Waals surface area contributed by atoms with Crippen LogP contribution in [0.1, 0.15) is 12.5 Å². The van der Waals surface area contributed by atoms with Crippen LogP contribution in [0.4, 0.5) is 0 Å². The molecule has 1 aromatic heterocycles. The molecule has 0 fully saturated rings. The van der Waals surface area contributed by atoms with E-state index in [0.717, 1.165) is 6.42 Å². The molecule has 3 rings (SSSR count). The van der Waals surface area contributed by atoms with Gasteiger partial charge in [-0.25, -0.2) is 0 Å². The first-order chi connectivity index (χ1) is 8.20. The van der Waals surface area contributed by atoms with E-state index < -0.39 is 0 Å². The average molecular weight is 417 g/mol. The molecule has 0 unspecified atom stereocenters.